The average molecular weight is 391 g/mol. The van der Waals surface area contributed by atoms with E-state index in [1.807, 2.05) is 0 Å². The number of nitrogens with two attached hydrogens (primary N) is 2. The summed E-state index contributed by atoms with van der Waals surface area (Å²) in [4.78, 5) is 1.79. The van der Waals surface area contributed by atoms with Crippen molar-refractivity contribution in [3.63, 3.8) is 0 Å². The molecule has 0 heterocycles. The zero-order chi connectivity index (χ0) is 21.1. The molecule has 0 aromatic heterocycles. The second kappa shape index (κ2) is 19.3. The Balaban J connectivity index is -0.000000308. The quantitative estimate of drug-likeness (QED) is 0.149. The molecule has 0 aliphatic carbocycles. The van der Waals surface area contributed by atoms with Gasteiger partial charge in [-0.1, -0.05) is 0 Å². The summed E-state index contributed by atoms with van der Waals surface area (Å²) in [6.07, 6.45) is 0. The highest BCUT2D eigenvalue weighted by atomic mass is 16.3. The van der Waals surface area contributed by atoms with Crippen LogP contribution in [-0.2, 0) is 0 Å². The van der Waals surface area contributed by atoms with Crippen LogP contribution in [0.2, 0.25) is 0 Å². The minimum atomic E-state index is -1.21. The normalized spacial score (nSPS) is 11.5. The highest BCUT2D eigenvalue weighted by Gasteiger charge is 2.21. The molecule has 0 aliphatic rings. The van der Waals surface area contributed by atoms with Crippen molar-refractivity contribution in [1.82, 2.24) is 4.90 Å². The van der Waals surface area contributed by atoms with Crippen LogP contribution in [0.15, 0.2) is 0 Å². The Morgan fingerprint density at radius 2 is 0.654 bits per heavy atom. The number of aliphatic hydroxyl groups excluding tert-OH is 9. The first kappa shape index (κ1) is 30.3. The van der Waals surface area contributed by atoms with Crippen LogP contribution in [0.1, 0.15) is 0 Å². The summed E-state index contributed by atoms with van der Waals surface area (Å²) in [5.41, 5.74) is 7.88. The highest BCUT2D eigenvalue weighted by molar-refractivity contribution is 4.81. The van der Waals surface area contributed by atoms with Gasteiger partial charge in [-0.3, -0.25) is 4.90 Å². The fourth-order valence-electron chi connectivity index (χ4n) is 1.06. The number of hydrogen-bond donors (Lipinski definition) is 11. The first-order valence-electron chi connectivity index (χ1n) is 7.99. The third-order valence-electron chi connectivity index (χ3n) is 3.14. The van der Waals surface area contributed by atoms with Gasteiger partial charge in [-0.25, -0.2) is 0 Å². The maximum absolute atomic E-state index is 8.48. The van der Waals surface area contributed by atoms with E-state index < -0.39 is 50.7 Å². The van der Waals surface area contributed by atoms with E-state index in [4.69, 9.17) is 57.4 Å². The predicted molar refractivity (Wildman–Crippen MR) is 94.0 cm³/mol. The van der Waals surface area contributed by atoms with Crippen molar-refractivity contribution in [2.45, 2.75) is 11.1 Å². The van der Waals surface area contributed by atoms with E-state index >= 15 is 0 Å². The van der Waals surface area contributed by atoms with Crippen LogP contribution in [0.4, 0.5) is 0 Å². The van der Waals surface area contributed by atoms with E-state index in [-0.39, 0.29) is 19.8 Å². The maximum Gasteiger partial charge on any atom is 0.0856 e. The lowest BCUT2D eigenvalue weighted by Crippen LogP contribution is -2.50. The van der Waals surface area contributed by atoms with Crippen molar-refractivity contribution in [1.29, 1.82) is 0 Å². The molecule has 0 saturated heterocycles. The van der Waals surface area contributed by atoms with Crippen LogP contribution in [0.3, 0.4) is 0 Å². The summed E-state index contributed by atoms with van der Waals surface area (Å²) in [6.45, 7) is -0.663. The first-order chi connectivity index (χ1) is 12.2. The Bertz CT molecular complexity index is 232. The van der Waals surface area contributed by atoms with E-state index in [0.29, 0.717) is 19.6 Å². The predicted octanol–water partition coefficient (Wildman–Crippen LogP) is -6.41. The lowest BCUT2D eigenvalue weighted by molar-refractivity contribution is 0.0695. The molecule has 0 rings (SSSR count). The summed E-state index contributed by atoms with van der Waals surface area (Å²) in [5, 5.41) is 75.5. The number of nitrogens with zero attached hydrogens (tertiary/aromatic N) is 1. The summed E-state index contributed by atoms with van der Waals surface area (Å²) >= 11 is 0. The van der Waals surface area contributed by atoms with Crippen molar-refractivity contribution in [3.05, 3.63) is 0 Å². The Labute approximate surface area is 153 Å². The van der Waals surface area contributed by atoms with Crippen molar-refractivity contribution in [3.8, 4) is 0 Å². The monoisotopic (exact) mass is 391 g/mol. The lowest BCUT2D eigenvalue weighted by Gasteiger charge is -2.20. The van der Waals surface area contributed by atoms with Gasteiger partial charge in [0.25, 0.3) is 0 Å². The zero-order valence-electron chi connectivity index (χ0n) is 15.1. The molecule has 0 fully saturated rings. The van der Waals surface area contributed by atoms with Gasteiger partial charge in [-0.2, -0.15) is 0 Å². The van der Waals surface area contributed by atoms with Gasteiger partial charge in [0.1, 0.15) is 0 Å². The molecule has 0 radical (unpaired) electrons. The van der Waals surface area contributed by atoms with Gasteiger partial charge < -0.3 is 57.4 Å². The molecule has 13 N–H and O–H groups in total. The fourth-order valence-corrected chi connectivity index (χ4v) is 1.06. The molecule has 0 aromatic rings. The van der Waals surface area contributed by atoms with E-state index in [9.17, 15) is 0 Å². The van der Waals surface area contributed by atoms with Crippen LogP contribution in [-0.4, -0.2) is 141 Å². The Kier molecular flexibility index (Phi) is 22.4. The van der Waals surface area contributed by atoms with Crippen molar-refractivity contribution in [2.75, 3.05) is 79.1 Å². The minimum Gasteiger partial charge on any atom is -0.395 e. The molecule has 0 bridgehead atoms. The summed E-state index contributed by atoms with van der Waals surface area (Å²) < 4.78 is 0. The Morgan fingerprint density at radius 1 is 0.462 bits per heavy atom. The van der Waals surface area contributed by atoms with E-state index in [1.165, 1.54) is 0 Å². The van der Waals surface area contributed by atoms with Gasteiger partial charge in [0.2, 0.25) is 0 Å². The first-order valence-corrected chi connectivity index (χ1v) is 7.99. The Morgan fingerprint density at radius 3 is 0.731 bits per heavy atom. The molecular formula is C14H37N3O9. The second-order valence-electron chi connectivity index (χ2n) is 5.69. The molecule has 0 spiro atoms. The number of hydrogen-bond acceptors (Lipinski definition) is 12. The van der Waals surface area contributed by atoms with Gasteiger partial charge in [-0.15, -0.1) is 0 Å². The van der Waals surface area contributed by atoms with Crippen molar-refractivity contribution in [2.24, 2.45) is 11.5 Å². The zero-order valence-corrected chi connectivity index (χ0v) is 15.1. The largest absolute Gasteiger partial charge is 0.395 e. The molecule has 12 nitrogen and oxygen atoms in total. The lowest BCUT2D eigenvalue weighted by atomic mass is 10.1. The van der Waals surface area contributed by atoms with Crippen molar-refractivity contribution < 1.29 is 46.0 Å². The molecule has 0 amide bonds. The Hall–Kier alpha value is -0.480. The van der Waals surface area contributed by atoms with Crippen LogP contribution in [0.25, 0.3) is 0 Å². The van der Waals surface area contributed by atoms with Crippen molar-refractivity contribution >= 4 is 0 Å². The van der Waals surface area contributed by atoms with Crippen LogP contribution < -0.4 is 11.5 Å². The molecule has 0 saturated carbocycles. The third kappa shape index (κ3) is 17.0. The average Bonchev–Trinajstić information content (AvgIpc) is 2.68. The third-order valence-corrected chi connectivity index (χ3v) is 3.14. The summed E-state index contributed by atoms with van der Waals surface area (Å²) in [7, 11) is 0. The SMILES string of the molecule is NC(CO)(CO)CO.NC(CO)(CO)CO.OCCN(CCO)CCO. The summed E-state index contributed by atoms with van der Waals surface area (Å²) in [6, 6.07) is 0. The molecule has 26 heavy (non-hydrogen) atoms. The highest BCUT2D eigenvalue weighted by Crippen LogP contribution is 1.94. The standard InChI is InChI=1S/C6H15NO3.2C4H11NO3/c8-4-1-7(2-5-9)3-6-10;2*5-4(1-6,2-7)3-8/h8-10H,1-6H2;2*6-8H,1-3,5H2. The van der Waals surface area contributed by atoms with Gasteiger partial charge in [-0.05, 0) is 0 Å². The smallest absolute Gasteiger partial charge is 0.0856 e. The van der Waals surface area contributed by atoms with Crippen LogP contribution >= 0.6 is 0 Å². The maximum atomic E-state index is 8.48. The van der Waals surface area contributed by atoms with Gasteiger partial charge in [0, 0.05) is 19.6 Å². The molecule has 0 unspecified atom stereocenters. The molecule has 162 valence electrons. The van der Waals surface area contributed by atoms with E-state index in [0.717, 1.165) is 0 Å². The topological polar surface area (TPSA) is 237 Å². The van der Waals surface area contributed by atoms with Gasteiger partial charge in [0.05, 0.1) is 70.5 Å². The van der Waals surface area contributed by atoms with Gasteiger partial charge >= 0.3 is 0 Å². The summed E-state index contributed by atoms with van der Waals surface area (Å²) in [5.74, 6) is 0. The number of rotatable bonds is 12. The molecule has 0 aliphatic heterocycles. The molecule has 0 atom stereocenters. The van der Waals surface area contributed by atoms with Crippen LogP contribution in [0, 0.1) is 0 Å². The van der Waals surface area contributed by atoms with Crippen LogP contribution in [0.5, 0.6) is 0 Å². The van der Waals surface area contributed by atoms with E-state index in [2.05, 4.69) is 0 Å². The molecule has 12 heteroatoms. The second-order valence-corrected chi connectivity index (χ2v) is 5.69. The van der Waals surface area contributed by atoms with E-state index in [1.54, 1.807) is 4.90 Å². The van der Waals surface area contributed by atoms with Gasteiger partial charge in [0.15, 0.2) is 0 Å². The molecule has 0 aromatic carbocycles. The molecular weight excluding hydrogens is 354 g/mol. The fraction of sp³-hybridized carbons (Fsp3) is 1.00. The number of aliphatic hydroxyl groups is 9. The minimum absolute atomic E-state index is 0.0694.